The predicted molar refractivity (Wildman–Crippen MR) is 76.7 cm³/mol. The van der Waals surface area contributed by atoms with Crippen molar-refractivity contribution in [3.05, 3.63) is 47.0 Å². The van der Waals surface area contributed by atoms with E-state index in [9.17, 15) is 8.42 Å². The van der Waals surface area contributed by atoms with Crippen LogP contribution in [0.3, 0.4) is 0 Å². The minimum atomic E-state index is -3.72. The zero-order valence-electron chi connectivity index (χ0n) is 10.7. The first kappa shape index (κ1) is 14.7. The van der Waals surface area contributed by atoms with Crippen LogP contribution in [0.2, 0.25) is 5.02 Å². The summed E-state index contributed by atoms with van der Waals surface area (Å²) < 4.78 is 26.7. The number of nitrogen functional groups attached to an aromatic ring is 1. The number of hydrogen-bond acceptors (Lipinski definition) is 5. The van der Waals surface area contributed by atoms with Gasteiger partial charge in [-0.1, -0.05) is 11.6 Å². The van der Waals surface area contributed by atoms with Crippen molar-refractivity contribution in [1.29, 1.82) is 0 Å². The molecule has 1 aromatic heterocycles. The lowest BCUT2D eigenvalue weighted by atomic mass is 10.3. The Bertz CT molecular complexity index is 717. The second kappa shape index (κ2) is 5.74. The zero-order valence-corrected chi connectivity index (χ0v) is 12.2. The molecule has 0 radical (unpaired) electrons. The van der Waals surface area contributed by atoms with Gasteiger partial charge in [-0.05, 0) is 25.1 Å². The number of hydrogen-bond donors (Lipinski definition) is 2. The van der Waals surface area contributed by atoms with Crippen molar-refractivity contribution in [2.24, 2.45) is 0 Å². The second-order valence-corrected chi connectivity index (χ2v) is 6.31. The third-order valence-corrected chi connectivity index (χ3v) is 4.41. The van der Waals surface area contributed by atoms with Gasteiger partial charge in [0, 0.05) is 11.9 Å². The van der Waals surface area contributed by atoms with Gasteiger partial charge in [-0.2, -0.15) is 0 Å². The van der Waals surface area contributed by atoms with Crippen molar-refractivity contribution < 1.29 is 8.42 Å². The van der Waals surface area contributed by atoms with Gasteiger partial charge in [-0.3, -0.25) is 9.97 Å². The lowest BCUT2D eigenvalue weighted by Crippen LogP contribution is -2.24. The molecule has 2 rings (SSSR count). The van der Waals surface area contributed by atoms with Gasteiger partial charge in [0.25, 0.3) is 0 Å². The van der Waals surface area contributed by atoms with Crippen molar-refractivity contribution in [3.63, 3.8) is 0 Å². The van der Waals surface area contributed by atoms with Crippen molar-refractivity contribution in [1.82, 2.24) is 14.7 Å². The summed E-state index contributed by atoms with van der Waals surface area (Å²) in [5.41, 5.74) is 7.21. The van der Waals surface area contributed by atoms with Gasteiger partial charge in [0.1, 0.15) is 4.90 Å². The van der Waals surface area contributed by atoms with E-state index in [0.29, 0.717) is 11.4 Å². The summed E-state index contributed by atoms with van der Waals surface area (Å²) in [6.07, 6.45) is 3.09. The summed E-state index contributed by atoms with van der Waals surface area (Å²) >= 11 is 5.89. The van der Waals surface area contributed by atoms with Gasteiger partial charge in [0.15, 0.2) is 0 Å². The number of anilines is 1. The molecule has 20 heavy (non-hydrogen) atoms. The van der Waals surface area contributed by atoms with Gasteiger partial charge in [0.05, 0.1) is 29.2 Å². The largest absolute Gasteiger partial charge is 0.399 e. The maximum atomic E-state index is 12.1. The first-order valence-electron chi connectivity index (χ1n) is 5.71. The fraction of sp³-hybridized carbons (Fsp3) is 0.167. The van der Waals surface area contributed by atoms with Crippen LogP contribution in [0.5, 0.6) is 0 Å². The number of nitrogens with two attached hydrogens (primary N) is 1. The number of nitrogens with one attached hydrogen (secondary N) is 1. The summed E-state index contributed by atoms with van der Waals surface area (Å²) in [7, 11) is -3.72. The molecule has 0 aliphatic rings. The van der Waals surface area contributed by atoms with E-state index in [1.165, 1.54) is 24.4 Å². The van der Waals surface area contributed by atoms with Crippen LogP contribution < -0.4 is 10.5 Å². The molecule has 0 fully saturated rings. The molecule has 1 heterocycles. The Morgan fingerprint density at radius 3 is 2.65 bits per heavy atom. The minimum absolute atomic E-state index is 0.0200. The van der Waals surface area contributed by atoms with Crippen molar-refractivity contribution >= 4 is 27.3 Å². The van der Waals surface area contributed by atoms with Gasteiger partial charge >= 0.3 is 0 Å². The van der Waals surface area contributed by atoms with Crippen molar-refractivity contribution in [3.8, 4) is 0 Å². The topological polar surface area (TPSA) is 98.0 Å². The molecule has 0 aliphatic carbocycles. The molecule has 2 aromatic rings. The number of halogens is 1. The molecular weight excluding hydrogens is 300 g/mol. The standard InChI is InChI=1S/C12H13ClN4O2S/c1-8-5-16-10(6-15-8)7-17-20(18,19)12-3-2-9(14)4-11(12)13/h2-6,17H,7,14H2,1H3. The van der Waals surface area contributed by atoms with Gasteiger partial charge in [0.2, 0.25) is 10.0 Å². The highest BCUT2D eigenvalue weighted by atomic mass is 35.5. The molecule has 0 aliphatic heterocycles. The molecule has 1 aromatic carbocycles. The Labute approximate surface area is 122 Å². The molecule has 6 nitrogen and oxygen atoms in total. The quantitative estimate of drug-likeness (QED) is 0.834. The van der Waals surface area contributed by atoms with E-state index >= 15 is 0 Å². The molecule has 0 amide bonds. The first-order chi connectivity index (χ1) is 9.38. The maximum absolute atomic E-state index is 12.1. The van der Waals surface area contributed by atoms with Crippen molar-refractivity contribution in [2.45, 2.75) is 18.4 Å². The van der Waals surface area contributed by atoms with Crippen LogP contribution in [-0.2, 0) is 16.6 Å². The van der Waals surface area contributed by atoms with E-state index in [2.05, 4.69) is 14.7 Å². The Balaban J connectivity index is 2.17. The number of nitrogens with zero attached hydrogens (tertiary/aromatic N) is 2. The molecule has 0 saturated carbocycles. The number of aryl methyl sites for hydroxylation is 1. The Hall–Kier alpha value is -1.70. The molecule has 0 unspecified atom stereocenters. The van der Waals surface area contributed by atoms with E-state index < -0.39 is 10.0 Å². The molecular formula is C12H13ClN4O2S. The monoisotopic (exact) mass is 312 g/mol. The average Bonchev–Trinajstić information content (AvgIpc) is 2.37. The van der Waals surface area contributed by atoms with Crippen LogP contribution in [0.15, 0.2) is 35.5 Å². The van der Waals surface area contributed by atoms with Crippen LogP contribution in [0, 0.1) is 6.92 Å². The Kier molecular flexibility index (Phi) is 4.22. The van der Waals surface area contributed by atoms with E-state index in [1.54, 1.807) is 13.1 Å². The Morgan fingerprint density at radius 1 is 1.30 bits per heavy atom. The number of benzene rings is 1. The third kappa shape index (κ3) is 3.44. The maximum Gasteiger partial charge on any atom is 0.242 e. The average molecular weight is 313 g/mol. The van der Waals surface area contributed by atoms with E-state index in [0.717, 1.165) is 5.69 Å². The summed E-state index contributed by atoms with van der Waals surface area (Å²) in [5, 5.41) is 0.0764. The summed E-state index contributed by atoms with van der Waals surface area (Å²) in [5.74, 6) is 0. The summed E-state index contributed by atoms with van der Waals surface area (Å²) in [4.78, 5) is 8.09. The van der Waals surface area contributed by atoms with Gasteiger partial charge in [-0.15, -0.1) is 0 Å². The Morgan fingerprint density at radius 2 is 2.05 bits per heavy atom. The fourth-order valence-corrected chi connectivity index (χ4v) is 3.04. The molecule has 0 atom stereocenters. The van der Waals surface area contributed by atoms with Crippen LogP contribution in [0.1, 0.15) is 11.4 Å². The summed E-state index contributed by atoms with van der Waals surface area (Å²) in [6, 6.07) is 4.23. The zero-order chi connectivity index (χ0) is 14.8. The second-order valence-electron chi connectivity index (χ2n) is 4.16. The predicted octanol–water partition coefficient (Wildman–Crippen LogP) is 1.50. The van der Waals surface area contributed by atoms with Crippen LogP contribution in [0.4, 0.5) is 5.69 Å². The van der Waals surface area contributed by atoms with Crippen LogP contribution in [-0.4, -0.2) is 18.4 Å². The normalized spacial score (nSPS) is 11.5. The SMILES string of the molecule is Cc1cnc(CNS(=O)(=O)c2ccc(N)cc2Cl)cn1. The lowest BCUT2D eigenvalue weighted by Gasteiger charge is -2.08. The number of rotatable bonds is 4. The molecule has 0 spiro atoms. The van der Waals surface area contributed by atoms with Gasteiger partial charge < -0.3 is 5.73 Å². The first-order valence-corrected chi connectivity index (χ1v) is 7.57. The van der Waals surface area contributed by atoms with E-state index in [1.807, 2.05) is 0 Å². The molecule has 8 heteroatoms. The van der Waals surface area contributed by atoms with Gasteiger partial charge in [-0.25, -0.2) is 13.1 Å². The molecule has 0 bridgehead atoms. The summed E-state index contributed by atoms with van der Waals surface area (Å²) in [6.45, 7) is 1.84. The third-order valence-electron chi connectivity index (χ3n) is 2.52. The van der Waals surface area contributed by atoms with Crippen molar-refractivity contribution in [2.75, 3.05) is 5.73 Å². The highest BCUT2D eigenvalue weighted by Crippen LogP contribution is 2.23. The van der Waals surface area contributed by atoms with Crippen LogP contribution >= 0.6 is 11.6 Å². The van der Waals surface area contributed by atoms with Crippen LogP contribution in [0.25, 0.3) is 0 Å². The van der Waals surface area contributed by atoms with E-state index in [-0.39, 0.29) is 16.5 Å². The highest BCUT2D eigenvalue weighted by molar-refractivity contribution is 7.89. The fourth-order valence-electron chi connectivity index (χ4n) is 1.49. The molecule has 0 saturated heterocycles. The minimum Gasteiger partial charge on any atom is -0.399 e. The van der Waals surface area contributed by atoms with E-state index in [4.69, 9.17) is 17.3 Å². The highest BCUT2D eigenvalue weighted by Gasteiger charge is 2.17. The number of aromatic nitrogens is 2. The lowest BCUT2D eigenvalue weighted by molar-refractivity contribution is 0.580. The number of sulfonamides is 1. The smallest absolute Gasteiger partial charge is 0.242 e. The molecule has 106 valence electrons. The molecule has 3 N–H and O–H groups in total.